The van der Waals surface area contributed by atoms with Gasteiger partial charge in [-0.15, -0.1) is 10.2 Å². The average Bonchev–Trinajstić information content (AvgIpc) is 2.06. The number of aliphatic hydroxyl groups excluding tert-OH is 1. The first-order chi connectivity index (χ1) is 6.09. The van der Waals surface area contributed by atoms with Crippen LogP contribution in [-0.4, -0.2) is 28.0 Å². The van der Waals surface area contributed by atoms with Crippen molar-refractivity contribution < 1.29 is 5.11 Å². The SMILES string of the molecule is CC(O)CNc1cc(Cl)nnc1Cl. The maximum absolute atomic E-state index is 9.00. The second-order valence-corrected chi connectivity index (χ2v) is 3.35. The van der Waals surface area contributed by atoms with E-state index in [1.807, 2.05) is 0 Å². The van der Waals surface area contributed by atoms with Crippen molar-refractivity contribution in [1.29, 1.82) is 0 Å². The average molecular weight is 222 g/mol. The lowest BCUT2D eigenvalue weighted by Crippen LogP contribution is -2.15. The van der Waals surface area contributed by atoms with Gasteiger partial charge in [0.05, 0.1) is 11.8 Å². The molecule has 0 aliphatic carbocycles. The van der Waals surface area contributed by atoms with Gasteiger partial charge < -0.3 is 10.4 Å². The number of nitrogens with one attached hydrogen (secondary N) is 1. The molecule has 0 aliphatic heterocycles. The van der Waals surface area contributed by atoms with Crippen molar-refractivity contribution in [2.24, 2.45) is 0 Å². The molecule has 0 bridgehead atoms. The lowest BCUT2D eigenvalue weighted by molar-refractivity contribution is 0.208. The van der Waals surface area contributed by atoms with E-state index in [9.17, 15) is 0 Å². The Bertz CT molecular complexity index is 293. The Morgan fingerprint density at radius 3 is 2.85 bits per heavy atom. The van der Waals surface area contributed by atoms with Crippen LogP contribution in [0.4, 0.5) is 5.69 Å². The van der Waals surface area contributed by atoms with Gasteiger partial charge in [0.1, 0.15) is 0 Å². The van der Waals surface area contributed by atoms with E-state index in [-0.39, 0.29) is 10.3 Å². The molecule has 1 unspecified atom stereocenters. The summed E-state index contributed by atoms with van der Waals surface area (Å²) in [6.45, 7) is 2.05. The molecule has 1 aromatic heterocycles. The molecule has 1 atom stereocenters. The lowest BCUT2D eigenvalue weighted by Gasteiger charge is -2.08. The summed E-state index contributed by atoms with van der Waals surface area (Å²) in [6, 6.07) is 1.55. The summed E-state index contributed by atoms with van der Waals surface area (Å²) in [4.78, 5) is 0. The van der Waals surface area contributed by atoms with E-state index >= 15 is 0 Å². The second kappa shape index (κ2) is 4.60. The number of halogens is 2. The molecular weight excluding hydrogens is 213 g/mol. The van der Waals surface area contributed by atoms with Gasteiger partial charge in [-0.2, -0.15) is 0 Å². The van der Waals surface area contributed by atoms with E-state index in [0.29, 0.717) is 12.2 Å². The Morgan fingerprint density at radius 1 is 1.54 bits per heavy atom. The molecule has 0 amide bonds. The Morgan fingerprint density at radius 2 is 2.23 bits per heavy atom. The number of anilines is 1. The third kappa shape index (κ3) is 3.34. The fraction of sp³-hybridized carbons (Fsp3) is 0.429. The van der Waals surface area contributed by atoms with Crippen molar-refractivity contribution in [3.63, 3.8) is 0 Å². The predicted octanol–water partition coefficient (Wildman–Crippen LogP) is 1.58. The fourth-order valence-electron chi connectivity index (χ4n) is 0.735. The third-order valence-electron chi connectivity index (χ3n) is 1.31. The number of aliphatic hydroxyl groups is 1. The molecule has 72 valence electrons. The molecule has 0 aliphatic rings. The summed E-state index contributed by atoms with van der Waals surface area (Å²) in [5, 5.41) is 19.5. The number of nitrogens with zero attached hydrogens (tertiary/aromatic N) is 2. The van der Waals surface area contributed by atoms with Crippen molar-refractivity contribution >= 4 is 28.9 Å². The van der Waals surface area contributed by atoms with Crippen LogP contribution in [0.2, 0.25) is 10.3 Å². The van der Waals surface area contributed by atoms with E-state index in [1.165, 1.54) is 0 Å². The third-order valence-corrected chi connectivity index (χ3v) is 1.77. The molecule has 1 aromatic rings. The van der Waals surface area contributed by atoms with Crippen LogP contribution in [0.3, 0.4) is 0 Å². The van der Waals surface area contributed by atoms with E-state index in [2.05, 4.69) is 15.5 Å². The minimum Gasteiger partial charge on any atom is -0.392 e. The van der Waals surface area contributed by atoms with Crippen LogP contribution in [0.15, 0.2) is 6.07 Å². The lowest BCUT2D eigenvalue weighted by atomic mass is 10.4. The van der Waals surface area contributed by atoms with Crippen molar-refractivity contribution in [2.75, 3.05) is 11.9 Å². The van der Waals surface area contributed by atoms with E-state index < -0.39 is 6.10 Å². The molecular formula is C7H9Cl2N3O. The Labute approximate surface area is 85.9 Å². The van der Waals surface area contributed by atoms with E-state index in [0.717, 1.165) is 0 Å². The molecule has 1 heterocycles. The van der Waals surface area contributed by atoms with Crippen LogP contribution in [-0.2, 0) is 0 Å². The zero-order chi connectivity index (χ0) is 9.84. The Kier molecular flexibility index (Phi) is 3.71. The summed E-state index contributed by atoms with van der Waals surface area (Å²) in [5.41, 5.74) is 0.572. The van der Waals surface area contributed by atoms with Gasteiger partial charge in [-0.25, -0.2) is 0 Å². The van der Waals surface area contributed by atoms with Gasteiger partial charge in [-0.05, 0) is 6.92 Å². The monoisotopic (exact) mass is 221 g/mol. The molecule has 4 nitrogen and oxygen atoms in total. The van der Waals surface area contributed by atoms with Gasteiger partial charge in [0, 0.05) is 12.6 Å². The quantitative estimate of drug-likeness (QED) is 0.814. The zero-order valence-corrected chi connectivity index (χ0v) is 8.47. The number of rotatable bonds is 3. The maximum atomic E-state index is 9.00. The minimum absolute atomic E-state index is 0.241. The molecule has 13 heavy (non-hydrogen) atoms. The van der Waals surface area contributed by atoms with Crippen LogP contribution in [0, 0.1) is 0 Å². The maximum Gasteiger partial charge on any atom is 0.174 e. The molecule has 0 fully saturated rings. The zero-order valence-electron chi connectivity index (χ0n) is 6.96. The second-order valence-electron chi connectivity index (χ2n) is 2.60. The minimum atomic E-state index is -0.456. The largest absolute Gasteiger partial charge is 0.392 e. The molecule has 0 saturated heterocycles. The van der Waals surface area contributed by atoms with Crippen LogP contribution in [0.25, 0.3) is 0 Å². The highest BCUT2D eigenvalue weighted by Gasteiger charge is 2.04. The van der Waals surface area contributed by atoms with Gasteiger partial charge in [0.2, 0.25) is 0 Å². The summed E-state index contributed by atoms with van der Waals surface area (Å²) < 4.78 is 0. The Hall–Kier alpha value is -0.580. The first-order valence-corrected chi connectivity index (χ1v) is 4.46. The van der Waals surface area contributed by atoms with Gasteiger partial charge in [0.15, 0.2) is 10.3 Å². The Balaban J connectivity index is 2.70. The van der Waals surface area contributed by atoms with Gasteiger partial charge in [-0.3, -0.25) is 0 Å². The van der Waals surface area contributed by atoms with Crippen molar-refractivity contribution in [1.82, 2.24) is 10.2 Å². The summed E-state index contributed by atoms with van der Waals surface area (Å²) in [7, 11) is 0. The highest BCUT2D eigenvalue weighted by molar-refractivity contribution is 6.33. The topological polar surface area (TPSA) is 58.0 Å². The van der Waals surface area contributed by atoms with Crippen LogP contribution < -0.4 is 5.32 Å². The summed E-state index contributed by atoms with van der Waals surface area (Å²) in [5.74, 6) is 0. The fourth-order valence-corrected chi connectivity index (χ4v) is 1.04. The van der Waals surface area contributed by atoms with Gasteiger partial charge in [-0.1, -0.05) is 23.2 Å². The first-order valence-electron chi connectivity index (χ1n) is 3.70. The predicted molar refractivity (Wildman–Crippen MR) is 52.2 cm³/mol. The van der Waals surface area contributed by atoms with Crippen molar-refractivity contribution in [3.8, 4) is 0 Å². The van der Waals surface area contributed by atoms with E-state index in [4.69, 9.17) is 28.3 Å². The molecule has 6 heteroatoms. The summed E-state index contributed by atoms with van der Waals surface area (Å²) >= 11 is 11.3. The van der Waals surface area contributed by atoms with E-state index in [1.54, 1.807) is 13.0 Å². The summed E-state index contributed by atoms with van der Waals surface area (Å²) in [6.07, 6.45) is -0.456. The molecule has 0 spiro atoms. The highest BCUT2D eigenvalue weighted by Crippen LogP contribution is 2.20. The standard InChI is InChI=1S/C7H9Cl2N3O/c1-4(13)3-10-5-2-6(8)11-12-7(5)9/h2,4,13H,3H2,1H3,(H,10,11). The number of aromatic nitrogens is 2. The van der Waals surface area contributed by atoms with Crippen LogP contribution in [0.1, 0.15) is 6.92 Å². The normalized spacial score (nSPS) is 12.6. The molecule has 0 aromatic carbocycles. The molecule has 1 rings (SSSR count). The van der Waals surface area contributed by atoms with Crippen molar-refractivity contribution in [3.05, 3.63) is 16.4 Å². The number of hydrogen-bond donors (Lipinski definition) is 2. The number of hydrogen-bond acceptors (Lipinski definition) is 4. The van der Waals surface area contributed by atoms with Crippen molar-refractivity contribution in [2.45, 2.75) is 13.0 Å². The highest BCUT2D eigenvalue weighted by atomic mass is 35.5. The van der Waals surface area contributed by atoms with Crippen LogP contribution >= 0.6 is 23.2 Å². The first kappa shape index (κ1) is 10.5. The van der Waals surface area contributed by atoms with Gasteiger partial charge in [0.25, 0.3) is 0 Å². The molecule has 2 N–H and O–H groups in total. The smallest absolute Gasteiger partial charge is 0.174 e. The van der Waals surface area contributed by atoms with Crippen LogP contribution in [0.5, 0.6) is 0 Å². The molecule has 0 radical (unpaired) electrons. The van der Waals surface area contributed by atoms with Gasteiger partial charge >= 0.3 is 0 Å². The molecule has 0 saturated carbocycles.